The Labute approximate surface area is 109 Å². The third-order valence-corrected chi connectivity index (χ3v) is 3.28. The van der Waals surface area contributed by atoms with Crippen LogP contribution in [-0.2, 0) is 6.42 Å². The highest BCUT2D eigenvalue weighted by atomic mass is 19.2. The molecule has 1 rings (SSSR count). The first-order chi connectivity index (χ1) is 8.67. The molecule has 0 bridgehead atoms. The van der Waals surface area contributed by atoms with Gasteiger partial charge in [-0.3, -0.25) is 0 Å². The first kappa shape index (κ1) is 15.1. The van der Waals surface area contributed by atoms with Gasteiger partial charge in [0.1, 0.15) is 0 Å². The van der Waals surface area contributed by atoms with Gasteiger partial charge >= 0.3 is 0 Å². The van der Waals surface area contributed by atoms with E-state index < -0.39 is 11.6 Å². The predicted molar refractivity (Wildman–Crippen MR) is 71.7 cm³/mol. The first-order valence-electron chi connectivity index (χ1n) is 6.78. The van der Waals surface area contributed by atoms with Gasteiger partial charge in [0.2, 0.25) is 0 Å². The van der Waals surface area contributed by atoms with Crippen LogP contribution in [-0.4, -0.2) is 13.1 Å². The van der Waals surface area contributed by atoms with Crippen LogP contribution in [0.4, 0.5) is 8.78 Å². The van der Waals surface area contributed by atoms with Crippen LogP contribution >= 0.6 is 0 Å². The van der Waals surface area contributed by atoms with Crippen molar-refractivity contribution in [1.29, 1.82) is 0 Å². The van der Waals surface area contributed by atoms with Gasteiger partial charge in [-0.1, -0.05) is 38.7 Å². The second-order valence-corrected chi connectivity index (χ2v) is 4.79. The highest BCUT2D eigenvalue weighted by Crippen LogP contribution is 2.13. The molecule has 18 heavy (non-hydrogen) atoms. The summed E-state index contributed by atoms with van der Waals surface area (Å²) in [7, 11) is 1.92. The van der Waals surface area contributed by atoms with E-state index in [1.165, 1.54) is 37.8 Å². The van der Waals surface area contributed by atoms with Crippen LogP contribution in [0.25, 0.3) is 0 Å². The van der Waals surface area contributed by atoms with Gasteiger partial charge in [-0.05, 0) is 37.6 Å². The number of benzene rings is 1. The maximum Gasteiger partial charge on any atom is 0.159 e. The van der Waals surface area contributed by atoms with Crippen LogP contribution in [0.1, 0.15) is 44.6 Å². The Hall–Kier alpha value is -0.960. The van der Waals surface area contributed by atoms with E-state index in [0.29, 0.717) is 6.04 Å². The number of hydrogen-bond acceptors (Lipinski definition) is 1. The maximum absolute atomic E-state index is 13.1. The monoisotopic (exact) mass is 255 g/mol. The van der Waals surface area contributed by atoms with Crippen molar-refractivity contribution in [2.24, 2.45) is 0 Å². The largest absolute Gasteiger partial charge is 0.317 e. The molecule has 0 fully saturated rings. The number of halogens is 2. The van der Waals surface area contributed by atoms with E-state index in [-0.39, 0.29) is 0 Å². The van der Waals surface area contributed by atoms with Crippen molar-refractivity contribution in [1.82, 2.24) is 5.32 Å². The fourth-order valence-corrected chi connectivity index (χ4v) is 2.12. The van der Waals surface area contributed by atoms with Crippen molar-refractivity contribution in [3.05, 3.63) is 35.4 Å². The molecule has 0 aliphatic carbocycles. The molecule has 1 aromatic carbocycles. The molecule has 0 aromatic heterocycles. The average molecular weight is 255 g/mol. The first-order valence-corrected chi connectivity index (χ1v) is 6.78. The molecule has 1 nitrogen and oxygen atoms in total. The zero-order chi connectivity index (χ0) is 13.4. The lowest BCUT2D eigenvalue weighted by molar-refractivity contribution is 0.479. The molecular weight excluding hydrogens is 232 g/mol. The fourth-order valence-electron chi connectivity index (χ4n) is 2.12. The van der Waals surface area contributed by atoms with Gasteiger partial charge in [-0.2, -0.15) is 0 Å². The van der Waals surface area contributed by atoms with Gasteiger partial charge in [-0.15, -0.1) is 0 Å². The molecule has 0 amide bonds. The van der Waals surface area contributed by atoms with Crippen LogP contribution in [0.2, 0.25) is 0 Å². The second-order valence-electron chi connectivity index (χ2n) is 4.79. The van der Waals surface area contributed by atoms with Gasteiger partial charge < -0.3 is 5.32 Å². The van der Waals surface area contributed by atoms with Crippen LogP contribution in [0, 0.1) is 11.6 Å². The molecule has 3 heteroatoms. The molecule has 0 aliphatic rings. The van der Waals surface area contributed by atoms with Gasteiger partial charge in [0, 0.05) is 6.04 Å². The summed E-state index contributed by atoms with van der Waals surface area (Å²) in [6.07, 6.45) is 6.75. The Bertz CT molecular complexity index is 352. The molecule has 1 aromatic rings. The van der Waals surface area contributed by atoms with Crippen LogP contribution < -0.4 is 5.32 Å². The molecule has 0 radical (unpaired) electrons. The zero-order valence-corrected chi connectivity index (χ0v) is 11.3. The van der Waals surface area contributed by atoms with E-state index >= 15 is 0 Å². The molecular formula is C15H23F2N. The molecule has 102 valence electrons. The lowest BCUT2D eigenvalue weighted by Gasteiger charge is -2.16. The SMILES string of the molecule is CCCCCCC(Cc1ccc(F)c(F)c1)NC. The summed E-state index contributed by atoms with van der Waals surface area (Å²) >= 11 is 0. The van der Waals surface area contributed by atoms with Gasteiger partial charge in [0.15, 0.2) is 11.6 Å². The Balaban J connectivity index is 2.44. The quantitative estimate of drug-likeness (QED) is 0.691. The van der Waals surface area contributed by atoms with Crippen molar-refractivity contribution in [2.45, 2.75) is 51.5 Å². The second kappa shape index (κ2) is 8.20. The third kappa shape index (κ3) is 5.13. The summed E-state index contributed by atoms with van der Waals surface area (Å²) in [5, 5.41) is 3.25. The lowest BCUT2D eigenvalue weighted by Crippen LogP contribution is -2.27. The highest BCUT2D eigenvalue weighted by molar-refractivity contribution is 5.18. The Morgan fingerprint density at radius 2 is 1.89 bits per heavy atom. The Morgan fingerprint density at radius 3 is 2.50 bits per heavy atom. The van der Waals surface area contributed by atoms with Crippen molar-refractivity contribution in [3.63, 3.8) is 0 Å². The van der Waals surface area contributed by atoms with Crippen molar-refractivity contribution < 1.29 is 8.78 Å². The van der Waals surface area contributed by atoms with E-state index in [1.54, 1.807) is 6.07 Å². The Morgan fingerprint density at radius 1 is 1.11 bits per heavy atom. The van der Waals surface area contributed by atoms with E-state index in [4.69, 9.17) is 0 Å². The van der Waals surface area contributed by atoms with Gasteiger partial charge in [0.05, 0.1) is 0 Å². The highest BCUT2D eigenvalue weighted by Gasteiger charge is 2.09. The Kier molecular flexibility index (Phi) is 6.88. The molecule has 0 saturated heterocycles. The van der Waals surface area contributed by atoms with Crippen molar-refractivity contribution >= 4 is 0 Å². The van der Waals surface area contributed by atoms with Crippen molar-refractivity contribution in [2.75, 3.05) is 7.05 Å². The topological polar surface area (TPSA) is 12.0 Å². The molecule has 0 spiro atoms. The van der Waals surface area contributed by atoms with E-state index in [2.05, 4.69) is 12.2 Å². The summed E-state index contributed by atoms with van der Waals surface area (Å²) in [6.45, 7) is 2.19. The van der Waals surface area contributed by atoms with Crippen LogP contribution in [0.15, 0.2) is 18.2 Å². The minimum Gasteiger partial charge on any atom is -0.317 e. The van der Waals surface area contributed by atoms with Crippen LogP contribution in [0.5, 0.6) is 0 Å². The maximum atomic E-state index is 13.1. The molecule has 1 N–H and O–H groups in total. The number of nitrogens with one attached hydrogen (secondary N) is 1. The standard InChI is InChI=1S/C15H23F2N/c1-3-4-5-6-7-13(18-2)10-12-8-9-14(16)15(17)11-12/h8-9,11,13,18H,3-7,10H2,1-2H3. The van der Waals surface area contributed by atoms with Gasteiger partial charge in [0.25, 0.3) is 0 Å². The van der Waals surface area contributed by atoms with E-state index in [9.17, 15) is 8.78 Å². The smallest absolute Gasteiger partial charge is 0.159 e. The molecule has 0 aliphatic heterocycles. The van der Waals surface area contributed by atoms with E-state index in [0.717, 1.165) is 18.4 Å². The minimum atomic E-state index is -0.775. The summed E-state index contributed by atoms with van der Waals surface area (Å²) in [4.78, 5) is 0. The number of hydrogen-bond donors (Lipinski definition) is 1. The van der Waals surface area contributed by atoms with Crippen molar-refractivity contribution in [3.8, 4) is 0 Å². The number of likely N-dealkylation sites (N-methyl/N-ethyl adjacent to an activating group) is 1. The lowest BCUT2D eigenvalue weighted by atomic mass is 10.00. The predicted octanol–water partition coefficient (Wildman–Crippen LogP) is 4.07. The summed E-state index contributed by atoms with van der Waals surface area (Å²) < 4.78 is 25.9. The molecule has 0 heterocycles. The number of rotatable bonds is 8. The molecule has 1 unspecified atom stereocenters. The molecule has 0 saturated carbocycles. The average Bonchev–Trinajstić information content (AvgIpc) is 2.37. The van der Waals surface area contributed by atoms with Crippen LogP contribution in [0.3, 0.4) is 0 Å². The minimum absolute atomic E-state index is 0.340. The summed E-state index contributed by atoms with van der Waals surface area (Å²) in [5.74, 6) is -1.53. The van der Waals surface area contributed by atoms with Gasteiger partial charge in [-0.25, -0.2) is 8.78 Å². The third-order valence-electron chi connectivity index (χ3n) is 3.28. The zero-order valence-electron chi connectivity index (χ0n) is 11.3. The summed E-state index contributed by atoms with van der Waals surface area (Å²) in [6, 6.07) is 4.50. The molecule has 1 atom stereocenters. The normalized spacial score (nSPS) is 12.7. The van der Waals surface area contributed by atoms with E-state index in [1.807, 2.05) is 7.05 Å². The summed E-state index contributed by atoms with van der Waals surface area (Å²) in [5.41, 5.74) is 0.851. The number of unbranched alkanes of at least 4 members (excludes halogenated alkanes) is 3. The fraction of sp³-hybridized carbons (Fsp3) is 0.600.